The van der Waals surface area contributed by atoms with Crippen LogP contribution in [0.3, 0.4) is 0 Å². The first-order valence-electron chi connectivity index (χ1n) is 11.3. The molecule has 0 aromatic heterocycles. The second-order valence-corrected chi connectivity index (χ2v) is 7.98. The molecule has 3 rings (SSSR count). The topological polar surface area (TPSA) is 88.2 Å². The average molecular weight is 432 g/mol. The van der Waals surface area contributed by atoms with Crippen LogP contribution < -0.4 is 5.32 Å². The SMILES string of the molecule is CCOC(=O)CCCCCNC(=O)N1CCC(N2C(=O)OC[C@H]2c2ccccc2)CC1. The van der Waals surface area contributed by atoms with Gasteiger partial charge in [-0.15, -0.1) is 0 Å². The van der Waals surface area contributed by atoms with Crippen LogP contribution in [0.25, 0.3) is 0 Å². The van der Waals surface area contributed by atoms with Crippen molar-refractivity contribution in [2.45, 2.75) is 57.5 Å². The number of hydrogen-bond donors (Lipinski definition) is 1. The fraction of sp³-hybridized carbons (Fsp3) is 0.609. The van der Waals surface area contributed by atoms with E-state index in [0.717, 1.165) is 37.7 Å². The molecule has 31 heavy (non-hydrogen) atoms. The van der Waals surface area contributed by atoms with Crippen molar-refractivity contribution in [1.82, 2.24) is 15.1 Å². The molecule has 0 bridgehead atoms. The van der Waals surface area contributed by atoms with Gasteiger partial charge in [-0.3, -0.25) is 9.69 Å². The molecule has 3 amide bonds. The third-order valence-electron chi connectivity index (χ3n) is 5.88. The number of urea groups is 1. The van der Waals surface area contributed by atoms with E-state index in [0.29, 0.717) is 39.3 Å². The van der Waals surface area contributed by atoms with Gasteiger partial charge in [-0.1, -0.05) is 36.8 Å². The number of piperidine rings is 1. The van der Waals surface area contributed by atoms with Crippen LogP contribution in [0.1, 0.15) is 57.1 Å². The molecule has 1 aromatic rings. The maximum atomic E-state index is 12.4. The van der Waals surface area contributed by atoms with E-state index in [1.54, 1.807) is 6.92 Å². The normalized spacial score (nSPS) is 19.3. The second kappa shape index (κ2) is 11.6. The molecule has 2 fully saturated rings. The highest BCUT2D eigenvalue weighted by molar-refractivity contribution is 5.74. The Balaban J connectivity index is 1.37. The van der Waals surface area contributed by atoms with Gasteiger partial charge in [0, 0.05) is 32.1 Å². The molecule has 0 spiro atoms. The van der Waals surface area contributed by atoms with Gasteiger partial charge in [-0.05, 0) is 38.2 Å². The Hall–Kier alpha value is -2.77. The van der Waals surface area contributed by atoms with Crippen LogP contribution in [-0.4, -0.2) is 66.8 Å². The quantitative estimate of drug-likeness (QED) is 0.478. The minimum absolute atomic E-state index is 0.0614. The number of rotatable bonds is 9. The molecular formula is C23H33N3O5. The lowest BCUT2D eigenvalue weighted by Crippen LogP contribution is -2.50. The van der Waals surface area contributed by atoms with Crippen LogP contribution in [0.2, 0.25) is 0 Å². The lowest BCUT2D eigenvalue weighted by atomic mass is 9.99. The van der Waals surface area contributed by atoms with Gasteiger partial charge in [0.25, 0.3) is 0 Å². The van der Waals surface area contributed by atoms with E-state index in [4.69, 9.17) is 9.47 Å². The number of unbranched alkanes of at least 4 members (excludes halogenated alkanes) is 2. The van der Waals surface area contributed by atoms with E-state index in [2.05, 4.69) is 5.32 Å². The van der Waals surface area contributed by atoms with E-state index in [9.17, 15) is 14.4 Å². The number of nitrogens with one attached hydrogen (secondary N) is 1. The van der Waals surface area contributed by atoms with Crippen molar-refractivity contribution >= 4 is 18.1 Å². The number of amides is 3. The molecule has 1 aromatic carbocycles. The van der Waals surface area contributed by atoms with Crippen LogP contribution in [0.5, 0.6) is 0 Å². The van der Waals surface area contributed by atoms with E-state index >= 15 is 0 Å². The molecule has 0 unspecified atom stereocenters. The zero-order chi connectivity index (χ0) is 22.1. The third-order valence-corrected chi connectivity index (χ3v) is 5.88. The summed E-state index contributed by atoms with van der Waals surface area (Å²) in [5.74, 6) is -0.161. The highest BCUT2D eigenvalue weighted by atomic mass is 16.6. The van der Waals surface area contributed by atoms with Crippen molar-refractivity contribution in [2.24, 2.45) is 0 Å². The van der Waals surface area contributed by atoms with Gasteiger partial charge in [-0.2, -0.15) is 0 Å². The van der Waals surface area contributed by atoms with Crippen LogP contribution in [0.15, 0.2) is 30.3 Å². The lowest BCUT2D eigenvalue weighted by Gasteiger charge is -2.37. The zero-order valence-corrected chi connectivity index (χ0v) is 18.3. The minimum Gasteiger partial charge on any atom is -0.466 e. The number of carbonyl (C=O) groups is 3. The maximum Gasteiger partial charge on any atom is 0.410 e. The van der Waals surface area contributed by atoms with Crippen LogP contribution in [0, 0.1) is 0 Å². The summed E-state index contributed by atoms with van der Waals surface area (Å²) in [5, 5.41) is 2.96. The second-order valence-electron chi connectivity index (χ2n) is 7.98. The van der Waals surface area contributed by atoms with Crippen molar-refractivity contribution in [3.63, 3.8) is 0 Å². The Labute approximate surface area is 183 Å². The van der Waals surface area contributed by atoms with Crippen LogP contribution in [0.4, 0.5) is 9.59 Å². The number of ether oxygens (including phenoxy) is 2. The van der Waals surface area contributed by atoms with E-state index < -0.39 is 0 Å². The Kier molecular flexibility index (Phi) is 8.55. The number of cyclic esters (lactones) is 1. The fourth-order valence-corrected chi connectivity index (χ4v) is 4.23. The van der Waals surface area contributed by atoms with Crippen LogP contribution >= 0.6 is 0 Å². The first-order chi connectivity index (χ1) is 15.1. The number of benzene rings is 1. The summed E-state index contributed by atoms with van der Waals surface area (Å²) in [6.07, 6.45) is 4.13. The summed E-state index contributed by atoms with van der Waals surface area (Å²) < 4.78 is 10.2. The van der Waals surface area contributed by atoms with Gasteiger partial charge in [0.1, 0.15) is 6.61 Å². The Morgan fingerprint density at radius 2 is 1.87 bits per heavy atom. The standard InChI is InChI=1S/C23H33N3O5/c1-2-30-21(27)11-7-4-8-14-24-22(28)25-15-12-19(13-16-25)26-20(17-31-23(26)29)18-9-5-3-6-10-18/h3,5-6,9-10,19-20H,2,4,7-8,11-17H2,1H3,(H,24,28)/t20-/m0/s1. The van der Waals surface area contributed by atoms with Crippen molar-refractivity contribution in [3.05, 3.63) is 35.9 Å². The number of nitrogens with zero attached hydrogens (tertiary/aromatic N) is 2. The maximum absolute atomic E-state index is 12.4. The summed E-state index contributed by atoms with van der Waals surface area (Å²) in [7, 11) is 0. The van der Waals surface area contributed by atoms with Gasteiger partial charge < -0.3 is 19.7 Å². The Morgan fingerprint density at radius 1 is 1.13 bits per heavy atom. The van der Waals surface area contributed by atoms with E-state index in [1.165, 1.54) is 0 Å². The van der Waals surface area contributed by atoms with Gasteiger partial charge in [0.05, 0.1) is 12.6 Å². The summed E-state index contributed by atoms with van der Waals surface area (Å²) in [5.41, 5.74) is 1.08. The fourth-order valence-electron chi connectivity index (χ4n) is 4.23. The van der Waals surface area contributed by atoms with E-state index in [-0.39, 0.29) is 30.2 Å². The zero-order valence-electron chi connectivity index (χ0n) is 18.3. The molecule has 1 atom stereocenters. The van der Waals surface area contributed by atoms with Gasteiger partial charge >= 0.3 is 18.1 Å². The van der Waals surface area contributed by atoms with Gasteiger partial charge in [0.2, 0.25) is 0 Å². The predicted octanol–water partition coefficient (Wildman–Crippen LogP) is 3.48. The van der Waals surface area contributed by atoms with Crippen molar-refractivity contribution in [3.8, 4) is 0 Å². The molecular weight excluding hydrogens is 398 g/mol. The summed E-state index contributed by atoms with van der Waals surface area (Å²) in [6.45, 7) is 4.41. The van der Waals surface area contributed by atoms with Crippen molar-refractivity contribution < 1.29 is 23.9 Å². The monoisotopic (exact) mass is 431 g/mol. The number of esters is 1. The average Bonchev–Trinajstić information content (AvgIpc) is 3.18. The summed E-state index contributed by atoms with van der Waals surface area (Å²) in [4.78, 5) is 39.8. The van der Waals surface area contributed by atoms with E-state index in [1.807, 2.05) is 40.1 Å². The first kappa shape index (κ1) is 22.9. The van der Waals surface area contributed by atoms with Gasteiger partial charge in [-0.25, -0.2) is 9.59 Å². The molecule has 2 aliphatic heterocycles. The summed E-state index contributed by atoms with van der Waals surface area (Å²) >= 11 is 0. The largest absolute Gasteiger partial charge is 0.466 e. The molecule has 0 radical (unpaired) electrons. The number of hydrogen-bond acceptors (Lipinski definition) is 5. The minimum atomic E-state index is -0.264. The van der Waals surface area contributed by atoms with Crippen LogP contribution in [-0.2, 0) is 14.3 Å². The smallest absolute Gasteiger partial charge is 0.410 e. The number of likely N-dealkylation sites (tertiary alicyclic amines) is 1. The molecule has 0 saturated carbocycles. The highest BCUT2D eigenvalue weighted by Gasteiger charge is 2.40. The van der Waals surface area contributed by atoms with Crippen molar-refractivity contribution in [2.75, 3.05) is 32.8 Å². The summed E-state index contributed by atoms with van der Waals surface area (Å²) in [6, 6.07) is 9.90. The van der Waals surface area contributed by atoms with Crippen molar-refractivity contribution in [1.29, 1.82) is 0 Å². The Morgan fingerprint density at radius 3 is 2.58 bits per heavy atom. The Bertz CT molecular complexity index is 734. The molecule has 8 heteroatoms. The molecule has 0 aliphatic carbocycles. The lowest BCUT2D eigenvalue weighted by molar-refractivity contribution is -0.143. The third kappa shape index (κ3) is 6.35. The first-order valence-corrected chi connectivity index (χ1v) is 11.3. The molecule has 2 aliphatic rings. The number of carbonyl (C=O) groups excluding carboxylic acids is 3. The molecule has 8 nitrogen and oxygen atoms in total. The predicted molar refractivity (Wildman–Crippen MR) is 115 cm³/mol. The molecule has 1 N–H and O–H groups in total. The highest BCUT2D eigenvalue weighted by Crippen LogP contribution is 2.33. The molecule has 170 valence electrons. The molecule has 2 heterocycles. The molecule has 2 saturated heterocycles. The van der Waals surface area contributed by atoms with Gasteiger partial charge in [0.15, 0.2) is 0 Å².